The monoisotopic (exact) mass is 701 g/mol. The van der Waals surface area contributed by atoms with E-state index in [1.54, 1.807) is 44.8 Å². The van der Waals surface area contributed by atoms with E-state index in [2.05, 4.69) is 20.9 Å². The van der Waals surface area contributed by atoms with Crippen molar-refractivity contribution < 1.29 is 23.7 Å². The van der Waals surface area contributed by atoms with Crippen molar-refractivity contribution in [2.24, 2.45) is 4.99 Å². The van der Waals surface area contributed by atoms with E-state index in [9.17, 15) is 9.59 Å². The Morgan fingerprint density at radius 1 is 1.04 bits per heavy atom. The number of hydrogen-bond donors (Lipinski definition) is 1. The third-order valence-electron chi connectivity index (χ3n) is 7.78. The van der Waals surface area contributed by atoms with Gasteiger partial charge in [-0.15, -0.1) is 0 Å². The second-order valence-corrected chi connectivity index (χ2v) is 12.3. The van der Waals surface area contributed by atoms with E-state index >= 15 is 0 Å². The van der Waals surface area contributed by atoms with E-state index < -0.39 is 12.0 Å². The summed E-state index contributed by atoms with van der Waals surface area (Å²) in [6.07, 6.45) is 1.89. The number of benzene rings is 3. The Bertz CT molecular complexity index is 2180. The predicted molar refractivity (Wildman–Crippen MR) is 183 cm³/mol. The molecule has 236 valence electrons. The molecule has 0 spiro atoms. The molecule has 2 aromatic heterocycles. The van der Waals surface area contributed by atoms with Gasteiger partial charge >= 0.3 is 5.97 Å². The van der Waals surface area contributed by atoms with Crippen LogP contribution in [-0.4, -0.2) is 43.0 Å². The summed E-state index contributed by atoms with van der Waals surface area (Å²) in [6, 6.07) is 18.5. The van der Waals surface area contributed by atoms with Crippen LogP contribution in [0.25, 0.3) is 28.2 Å². The zero-order valence-electron chi connectivity index (χ0n) is 26.0. The van der Waals surface area contributed by atoms with Crippen molar-refractivity contribution >= 4 is 50.2 Å². The molecule has 5 aromatic rings. The second-order valence-electron chi connectivity index (χ2n) is 10.5. The number of allylic oxidation sites excluding steroid dienone is 1. The maximum Gasteiger partial charge on any atom is 0.338 e. The molecule has 9 nitrogen and oxygen atoms in total. The van der Waals surface area contributed by atoms with Gasteiger partial charge in [0.2, 0.25) is 0 Å². The summed E-state index contributed by atoms with van der Waals surface area (Å²) in [5.74, 6) is 1.17. The number of nitrogens with one attached hydrogen (secondary N) is 1. The highest BCUT2D eigenvalue weighted by atomic mass is 79.9. The van der Waals surface area contributed by atoms with Crippen molar-refractivity contribution in [3.05, 3.63) is 107 Å². The molecule has 3 heterocycles. The summed E-state index contributed by atoms with van der Waals surface area (Å²) in [6.45, 7) is 6.00. The first kappa shape index (κ1) is 31.4. The Morgan fingerprint density at radius 2 is 1.83 bits per heavy atom. The van der Waals surface area contributed by atoms with Gasteiger partial charge in [0.25, 0.3) is 5.56 Å². The average molecular weight is 703 g/mol. The summed E-state index contributed by atoms with van der Waals surface area (Å²) in [4.78, 5) is 36.7. The van der Waals surface area contributed by atoms with Crippen molar-refractivity contribution in [1.29, 1.82) is 0 Å². The minimum absolute atomic E-state index is 0.173. The van der Waals surface area contributed by atoms with Crippen LogP contribution in [-0.2, 0) is 9.53 Å². The fourth-order valence-electron chi connectivity index (χ4n) is 5.71. The maximum atomic E-state index is 14.5. The molecule has 0 unspecified atom stereocenters. The molecular weight excluding hydrogens is 670 g/mol. The van der Waals surface area contributed by atoms with Crippen molar-refractivity contribution in [1.82, 2.24) is 9.55 Å². The molecule has 1 aliphatic rings. The lowest BCUT2D eigenvalue weighted by Gasteiger charge is -2.26. The molecule has 6 rings (SSSR count). The number of hydrogen-bond acceptors (Lipinski definition) is 8. The van der Waals surface area contributed by atoms with Gasteiger partial charge in [-0.3, -0.25) is 9.36 Å². The summed E-state index contributed by atoms with van der Waals surface area (Å²) < 4.78 is 25.1. The zero-order valence-corrected chi connectivity index (χ0v) is 28.4. The Kier molecular flexibility index (Phi) is 8.88. The molecule has 0 bridgehead atoms. The quantitative estimate of drug-likeness (QED) is 0.186. The number of rotatable bonds is 9. The molecule has 0 saturated heterocycles. The predicted octanol–water partition coefficient (Wildman–Crippen LogP) is 6.13. The van der Waals surface area contributed by atoms with E-state index in [4.69, 9.17) is 23.9 Å². The molecule has 1 atom stereocenters. The minimum Gasteiger partial charge on any atom is -0.497 e. The van der Waals surface area contributed by atoms with Gasteiger partial charge in [0.1, 0.15) is 5.75 Å². The van der Waals surface area contributed by atoms with Crippen molar-refractivity contribution in [3.8, 4) is 28.5 Å². The van der Waals surface area contributed by atoms with Crippen LogP contribution in [0.2, 0.25) is 0 Å². The Hall–Kier alpha value is -4.61. The smallest absolute Gasteiger partial charge is 0.338 e. The number of esters is 1. The van der Waals surface area contributed by atoms with Crippen molar-refractivity contribution in [2.75, 3.05) is 27.4 Å². The number of H-pyrrole nitrogens is 1. The van der Waals surface area contributed by atoms with Gasteiger partial charge in [-0.25, -0.2) is 9.79 Å². The van der Waals surface area contributed by atoms with E-state index in [0.29, 0.717) is 48.9 Å². The van der Waals surface area contributed by atoms with E-state index in [1.165, 1.54) is 11.3 Å². The number of nitrogens with zero attached hydrogens (tertiary/aromatic N) is 2. The third-order valence-corrected chi connectivity index (χ3v) is 9.45. The Morgan fingerprint density at radius 3 is 2.52 bits per heavy atom. The first-order valence-corrected chi connectivity index (χ1v) is 16.4. The van der Waals surface area contributed by atoms with Crippen LogP contribution in [0.3, 0.4) is 0 Å². The molecule has 0 fully saturated rings. The number of ether oxygens (including phenoxy) is 4. The topological polar surface area (TPSA) is 104 Å². The van der Waals surface area contributed by atoms with Crippen LogP contribution in [0.5, 0.6) is 17.2 Å². The van der Waals surface area contributed by atoms with Gasteiger partial charge in [0.15, 0.2) is 16.3 Å². The van der Waals surface area contributed by atoms with Gasteiger partial charge in [0.05, 0.1) is 55.0 Å². The number of aromatic amines is 1. The fraction of sp³-hybridized carbons (Fsp3) is 0.229. The molecule has 11 heteroatoms. The van der Waals surface area contributed by atoms with Crippen molar-refractivity contribution in [3.63, 3.8) is 0 Å². The number of fused-ring (bicyclic) bond motifs is 2. The maximum absolute atomic E-state index is 14.5. The van der Waals surface area contributed by atoms with Gasteiger partial charge in [-0.1, -0.05) is 57.6 Å². The molecule has 46 heavy (non-hydrogen) atoms. The highest BCUT2D eigenvalue weighted by Crippen LogP contribution is 2.41. The van der Waals surface area contributed by atoms with Crippen LogP contribution in [0, 0.1) is 0 Å². The molecular formula is C35H32BrN3O6S. The largest absolute Gasteiger partial charge is 0.497 e. The molecule has 0 saturated carbocycles. The van der Waals surface area contributed by atoms with Crippen LogP contribution in [0.1, 0.15) is 37.9 Å². The van der Waals surface area contributed by atoms with Gasteiger partial charge < -0.3 is 23.9 Å². The molecule has 0 amide bonds. The number of aromatic nitrogens is 2. The van der Waals surface area contributed by atoms with E-state index in [0.717, 1.165) is 27.7 Å². The number of thiazole rings is 1. The lowest BCUT2D eigenvalue weighted by molar-refractivity contribution is -0.139. The van der Waals surface area contributed by atoms with Crippen LogP contribution in [0.15, 0.2) is 86.2 Å². The normalized spacial score (nSPS) is 14.7. The summed E-state index contributed by atoms with van der Waals surface area (Å²) in [5, 5.41) is 0.906. The van der Waals surface area contributed by atoms with Crippen molar-refractivity contribution in [2.45, 2.75) is 26.8 Å². The highest BCUT2D eigenvalue weighted by molar-refractivity contribution is 9.10. The molecule has 1 aliphatic heterocycles. The lowest BCUT2D eigenvalue weighted by atomic mass is 9.95. The van der Waals surface area contributed by atoms with Crippen LogP contribution >= 0.6 is 27.3 Å². The zero-order chi connectivity index (χ0) is 32.5. The van der Waals surface area contributed by atoms with Crippen LogP contribution in [0.4, 0.5) is 0 Å². The summed E-state index contributed by atoms with van der Waals surface area (Å²) in [5.41, 5.74) is 4.67. The molecule has 1 N–H and O–H groups in total. The van der Waals surface area contributed by atoms with Gasteiger partial charge in [0, 0.05) is 20.9 Å². The SMILES string of the molecule is CCOC(=O)C1=C(C)N=c2s/c(=C/c3c(-c4ccccc4)[nH]c4ccc(OC)cc34)c(=O)n2[C@H]1c1cc(OC)c(OCC)cc1Br. The fourth-order valence-corrected chi connectivity index (χ4v) is 7.27. The summed E-state index contributed by atoms with van der Waals surface area (Å²) in [7, 11) is 3.18. The standard InChI is InChI=1S/C35H32BrN3O6S/c1-6-44-28-18-25(36)24(16-27(28)43-5)32-30(34(41)45-7-2)19(3)37-35-39(32)33(40)29(46-35)17-23-22-15-21(42-4)13-14-26(22)38-31(23)20-11-9-8-10-12-20/h8-18,32,38H,6-7H2,1-5H3/b29-17+/t32-/m0/s1. The number of methoxy groups -OCH3 is 2. The Labute approximate surface area is 277 Å². The average Bonchev–Trinajstić information content (AvgIpc) is 3.57. The minimum atomic E-state index is -0.840. The summed E-state index contributed by atoms with van der Waals surface area (Å²) >= 11 is 4.95. The number of halogens is 1. The van der Waals surface area contributed by atoms with Crippen LogP contribution < -0.4 is 29.1 Å². The van der Waals surface area contributed by atoms with E-state index in [1.807, 2.05) is 61.5 Å². The number of carbonyl (C=O) groups is 1. The van der Waals surface area contributed by atoms with Gasteiger partial charge in [-0.2, -0.15) is 0 Å². The highest BCUT2D eigenvalue weighted by Gasteiger charge is 2.35. The Balaban J connectivity index is 1.63. The lowest BCUT2D eigenvalue weighted by Crippen LogP contribution is -2.40. The molecule has 3 aromatic carbocycles. The first-order chi connectivity index (χ1) is 22.3. The first-order valence-electron chi connectivity index (χ1n) is 14.7. The van der Waals surface area contributed by atoms with E-state index in [-0.39, 0.29) is 17.7 Å². The number of carbonyl (C=O) groups excluding carboxylic acids is 1. The third kappa shape index (κ3) is 5.54. The van der Waals surface area contributed by atoms with Gasteiger partial charge in [-0.05, 0) is 68.3 Å². The molecule has 0 aliphatic carbocycles. The second kappa shape index (κ2) is 13.0. The molecule has 0 radical (unpaired) electrons.